The third-order valence-corrected chi connectivity index (χ3v) is 5.81. The second-order valence-electron chi connectivity index (χ2n) is 7.60. The highest BCUT2D eigenvalue weighted by molar-refractivity contribution is 5.71. The van der Waals surface area contributed by atoms with E-state index in [0.29, 0.717) is 24.6 Å². The molecule has 2 fully saturated rings. The van der Waals surface area contributed by atoms with Crippen LogP contribution >= 0.6 is 0 Å². The van der Waals surface area contributed by atoms with Crippen LogP contribution in [0.5, 0.6) is 11.5 Å². The molecule has 29 heavy (non-hydrogen) atoms. The fraction of sp³-hybridized carbons (Fsp3) is 0.333. The monoisotopic (exact) mass is 395 g/mol. The number of rotatable bonds is 2. The first-order valence-corrected chi connectivity index (χ1v) is 9.38. The minimum absolute atomic E-state index is 0.0122. The summed E-state index contributed by atoms with van der Waals surface area (Å²) in [5.74, 6) is -0.902. The van der Waals surface area contributed by atoms with Gasteiger partial charge in [0.1, 0.15) is 5.82 Å². The summed E-state index contributed by atoms with van der Waals surface area (Å²) in [7, 11) is 0. The van der Waals surface area contributed by atoms with Gasteiger partial charge in [0.05, 0.1) is 35.0 Å². The van der Waals surface area contributed by atoms with Crippen molar-refractivity contribution in [3.8, 4) is 17.6 Å². The molecular formula is C21H18FN3O4. The van der Waals surface area contributed by atoms with Crippen molar-refractivity contribution in [2.24, 2.45) is 0 Å². The predicted molar refractivity (Wildman–Crippen MR) is 100 cm³/mol. The van der Waals surface area contributed by atoms with Crippen LogP contribution in [0.4, 0.5) is 14.9 Å². The number of nitrogens with zero attached hydrogens (tertiary/aromatic N) is 3. The van der Waals surface area contributed by atoms with E-state index >= 15 is 0 Å². The molecule has 0 bridgehead atoms. The van der Waals surface area contributed by atoms with Crippen molar-refractivity contribution in [2.45, 2.75) is 31.2 Å². The molecule has 0 radical (unpaired) electrons. The van der Waals surface area contributed by atoms with Gasteiger partial charge in [-0.1, -0.05) is 6.07 Å². The Hall–Kier alpha value is -3.47. The topological polar surface area (TPSA) is 86.0 Å². The second-order valence-corrected chi connectivity index (χ2v) is 7.60. The van der Waals surface area contributed by atoms with Gasteiger partial charge >= 0.3 is 6.09 Å². The second kappa shape index (κ2) is 6.01. The number of halogens is 1. The molecule has 148 valence electrons. The van der Waals surface area contributed by atoms with Crippen LogP contribution in [0, 0.1) is 17.1 Å². The van der Waals surface area contributed by atoms with Gasteiger partial charge < -0.3 is 24.4 Å². The Balaban J connectivity index is 1.46. The minimum atomic E-state index is -1.36. The standard InChI is InChI=1S/C21H18FN3O4/c1-21(13-6-5-12(11-23)9-14(13)22)28-18-4-2-3-15(19(18)29-21)24-7-8-25(20(26)27)17-10-16(17)24/h2-6,9,16-17H,7-8,10H2,1H3,(H,26,27). The van der Waals surface area contributed by atoms with Gasteiger partial charge in [0.2, 0.25) is 0 Å². The quantitative estimate of drug-likeness (QED) is 0.840. The van der Waals surface area contributed by atoms with E-state index in [1.54, 1.807) is 13.0 Å². The number of nitriles is 1. The number of amides is 1. The summed E-state index contributed by atoms with van der Waals surface area (Å²) < 4.78 is 26.8. The molecule has 3 unspecified atom stereocenters. The number of para-hydroxylation sites is 1. The summed E-state index contributed by atoms with van der Waals surface area (Å²) in [5, 5.41) is 18.3. The van der Waals surface area contributed by atoms with E-state index in [9.17, 15) is 14.3 Å². The first kappa shape index (κ1) is 17.6. The molecule has 0 spiro atoms. The molecule has 1 saturated carbocycles. The summed E-state index contributed by atoms with van der Waals surface area (Å²) in [6.45, 7) is 2.61. The number of carbonyl (C=O) groups is 1. The average molecular weight is 395 g/mol. The van der Waals surface area contributed by atoms with Crippen molar-refractivity contribution in [3.63, 3.8) is 0 Å². The van der Waals surface area contributed by atoms with Crippen molar-refractivity contribution in [2.75, 3.05) is 18.0 Å². The molecule has 1 saturated heterocycles. The van der Waals surface area contributed by atoms with Crippen LogP contribution in [0.25, 0.3) is 0 Å². The van der Waals surface area contributed by atoms with Crippen molar-refractivity contribution in [1.82, 2.24) is 4.90 Å². The van der Waals surface area contributed by atoms with Gasteiger partial charge in [-0.25, -0.2) is 9.18 Å². The number of benzene rings is 2. The Morgan fingerprint density at radius 3 is 2.83 bits per heavy atom. The molecule has 1 N–H and O–H groups in total. The lowest BCUT2D eigenvalue weighted by molar-refractivity contribution is -0.0705. The normalized spacial score (nSPS) is 26.7. The molecule has 3 aliphatic rings. The SMILES string of the molecule is CC1(c2ccc(C#N)cc2F)Oc2cccc(N3CCN(C(=O)O)C4CC43)c2O1. The zero-order chi connectivity index (χ0) is 20.3. The molecule has 1 aliphatic carbocycles. The Kier molecular flexibility index (Phi) is 3.65. The summed E-state index contributed by atoms with van der Waals surface area (Å²) >= 11 is 0. The Bertz CT molecular complexity index is 1070. The molecule has 7 nitrogen and oxygen atoms in total. The third kappa shape index (κ3) is 2.65. The molecule has 2 aliphatic heterocycles. The van der Waals surface area contributed by atoms with Crippen LogP contribution in [-0.4, -0.2) is 41.3 Å². The maximum atomic E-state index is 14.6. The van der Waals surface area contributed by atoms with E-state index in [-0.39, 0.29) is 23.2 Å². The van der Waals surface area contributed by atoms with Gasteiger partial charge in [-0.3, -0.25) is 0 Å². The number of hydrogen-bond acceptors (Lipinski definition) is 5. The highest BCUT2D eigenvalue weighted by Gasteiger charge is 2.52. The first-order valence-electron chi connectivity index (χ1n) is 9.38. The third-order valence-electron chi connectivity index (χ3n) is 5.81. The smallest absolute Gasteiger partial charge is 0.407 e. The van der Waals surface area contributed by atoms with E-state index in [1.807, 2.05) is 18.2 Å². The van der Waals surface area contributed by atoms with Crippen molar-refractivity contribution in [3.05, 3.63) is 53.3 Å². The maximum Gasteiger partial charge on any atom is 0.407 e. The van der Waals surface area contributed by atoms with E-state index in [0.717, 1.165) is 18.2 Å². The van der Waals surface area contributed by atoms with Crippen molar-refractivity contribution >= 4 is 11.8 Å². The number of piperazine rings is 1. The lowest BCUT2D eigenvalue weighted by atomic mass is 10.0. The fourth-order valence-electron chi connectivity index (χ4n) is 4.32. The highest BCUT2D eigenvalue weighted by atomic mass is 19.1. The predicted octanol–water partition coefficient (Wildman–Crippen LogP) is 3.28. The van der Waals surface area contributed by atoms with E-state index in [4.69, 9.17) is 14.7 Å². The van der Waals surface area contributed by atoms with Crippen molar-refractivity contribution in [1.29, 1.82) is 5.26 Å². The Labute approximate surface area is 166 Å². The number of carboxylic acid groups (broad SMARTS) is 1. The van der Waals surface area contributed by atoms with Gasteiger partial charge in [0.25, 0.3) is 5.79 Å². The number of fused-ring (bicyclic) bond motifs is 2. The average Bonchev–Trinajstić information content (AvgIpc) is 3.41. The van der Waals surface area contributed by atoms with E-state index in [1.165, 1.54) is 17.0 Å². The molecule has 2 aromatic carbocycles. The van der Waals surface area contributed by atoms with Crippen LogP contribution in [0.2, 0.25) is 0 Å². The van der Waals surface area contributed by atoms with Crippen LogP contribution in [0.1, 0.15) is 24.5 Å². The molecule has 1 amide bonds. The molecule has 3 atom stereocenters. The minimum Gasteiger partial charge on any atom is -0.465 e. The summed E-state index contributed by atoms with van der Waals surface area (Å²) in [5.41, 5.74) is 1.25. The highest BCUT2D eigenvalue weighted by Crippen LogP contribution is 2.52. The summed E-state index contributed by atoms with van der Waals surface area (Å²) in [6.07, 6.45) is -0.114. The van der Waals surface area contributed by atoms with Crippen molar-refractivity contribution < 1.29 is 23.8 Å². The van der Waals surface area contributed by atoms with E-state index in [2.05, 4.69) is 4.90 Å². The Morgan fingerprint density at radius 1 is 1.28 bits per heavy atom. The maximum absolute atomic E-state index is 14.6. The van der Waals surface area contributed by atoms with Gasteiger partial charge in [-0.15, -0.1) is 0 Å². The largest absolute Gasteiger partial charge is 0.465 e. The van der Waals surface area contributed by atoms with Gasteiger partial charge in [-0.05, 0) is 36.8 Å². The number of ether oxygens (including phenoxy) is 2. The molecular weight excluding hydrogens is 377 g/mol. The number of anilines is 1. The van der Waals surface area contributed by atoms with Crippen LogP contribution in [-0.2, 0) is 5.79 Å². The van der Waals surface area contributed by atoms with Crippen LogP contribution in [0.15, 0.2) is 36.4 Å². The number of hydrogen-bond donors (Lipinski definition) is 1. The molecule has 5 rings (SSSR count). The van der Waals surface area contributed by atoms with E-state index < -0.39 is 17.7 Å². The molecule has 2 aromatic rings. The zero-order valence-electron chi connectivity index (χ0n) is 15.6. The molecule has 2 heterocycles. The van der Waals surface area contributed by atoms with Gasteiger partial charge in [0.15, 0.2) is 11.5 Å². The summed E-state index contributed by atoms with van der Waals surface area (Å²) in [4.78, 5) is 15.0. The lowest BCUT2D eigenvalue weighted by Crippen LogP contribution is -2.48. The first-order chi connectivity index (χ1) is 13.9. The molecule has 0 aromatic heterocycles. The zero-order valence-corrected chi connectivity index (χ0v) is 15.6. The lowest BCUT2D eigenvalue weighted by Gasteiger charge is -2.34. The Morgan fingerprint density at radius 2 is 2.10 bits per heavy atom. The van der Waals surface area contributed by atoms with Gasteiger partial charge in [-0.2, -0.15) is 5.26 Å². The summed E-state index contributed by atoms with van der Waals surface area (Å²) in [6, 6.07) is 11.7. The van der Waals surface area contributed by atoms with Crippen LogP contribution < -0.4 is 14.4 Å². The fourth-order valence-corrected chi connectivity index (χ4v) is 4.32. The van der Waals surface area contributed by atoms with Crippen LogP contribution in [0.3, 0.4) is 0 Å². The molecule has 8 heteroatoms. The van der Waals surface area contributed by atoms with Gasteiger partial charge in [0, 0.05) is 20.0 Å².